The molecule has 1 aliphatic carbocycles. The predicted octanol–water partition coefficient (Wildman–Crippen LogP) is 3.54. The van der Waals surface area contributed by atoms with E-state index in [-0.39, 0.29) is 12.1 Å². The van der Waals surface area contributed by atoms with E-state index < -0.39 is 6.10 Å². The van der Waals surface area contributed by atoms with Crippen LogP contribution in [0.1, 0.15) is 41.4 Å². The highest BCUT2D eigenvalue weighted by Crippen LogP contribution is 2.37. The van der Waals surface area contributed by atoms with Crippen LogP contribution in [0.2, 0.25) is 0 Å². The number of likely N-dealkylation sites (tertiary alicyclic amines) is 1. The first-order valence-electron chi connectivity index (χ1n) is 9.35. The molecule has 2 aromatic rings. The molecule has 2 aliphatic rings. The average molecular weight is 337 g/mol. The number of methoxy groups -OCH3 is 1. The van der Waals surface area contributed by atoms with Gasteiger partial charge in [0, 0.05) is 26.1 Å². The van der Waals surface area contributed by atoms with Crippen LogP contribution in [-0.4, -0.2) is 42.5 Å². The first-order valence-corrected chi connectivity index (χ1v) is 9.35. The number of ether oxygens (including phenoxy) is 1. The van der Waals surface area contributed by atoms with E-state index in [1.807, 2.05) is 18.2 Å². The number of fused-ring (bicyclic) bond motifs is 1. The van der Waals surface area contributed by atoms with Crippen LogP contribution in [0.4, 0.5) is 0 Å². The summed E-state index contributed by atoms with van der Waals surface area (Å²) in [6.45, 7) is 1.80. The smallest absolute Gasteiger partial charge is 0.137 e. The molecule has 1 fully saturated rings. The lowest BCUT2D eigenvalue weighted by molar-refractivity contribution is -0.0688. The number of benzene rings is 2. The summed E-state index contributed by atoms with van der Waals surface area (Å²) in [6, 6.07) is 19.2. The Hall–Kier alpha value is -1.68. The molecule has 4 unspecified atom stereocenters. The Morgan fingerprint density at radius 3 is 2.64 bits per heavy atom. The van der Waals surface area contributed by atoms with E-state index >= 15 is 0 Å². The third-order valence-electron chi connectivity index (χ3n) is 5.91. The van der Waals surface area contributed by atoms with Gasteiger partial charge >= 0.3 is 0 Å². The second kappa shape index (κ2) is 7.28. The molecular weight excluding hydrogens is 310 g/mol. The van der Waals surface area contributed by atoms with E-state index in [0.717, 1.165) is 13.1 Å². The van der Waals surface area contributed by atoms with Crippen molar-refractivity contribution in [2.24, 2.45) is 0 Å². The number of nitrogens with zero attached hydrogens (tertiary/aromatic N) is 1. The second-order valence-electron chi connectivity index (χ2n) is 7.38. The fourth-order valence-corrected chi connectivity index (χ4v) is 4.68. The molecule has 0 spiro atoms. The first kappa shape index (κ1) is 16.8. The standard InChI is InChI=1S/C22H27NO2/c1-25-22-21(24)20(17-8-3-2-4-9-17)15-23(22)14-18-12-7-11-16-10-5-6-13-19(16)18/h2-6,8-10,13,18,20-22,24H,7,11-12,14-15H2,1H3. The topological polar surface area (TPSA) is 32.7 Å². The van der Waals surface area contributed by atoms with Crippen molar-refractivity contribution in [2.75, 3.05) is 20.2 Å². The lowest BCUT2D eigenvalue weighted by Gasteiger charge is -2.32. The molecule has 1 N–H and O–H groups in total. The lowest BCUT2D eigenvalue weighted by Crippen LogP contribution is -2.39. The van der Waals surface area contributed by atoms with Crippen LogP contribution in [0.25, 0.3) is 0 Å². The van der Waals surface area contributed by atoms with Gasteiger partial charge in [0.05, 0.1) is 0 Å². The molecule has 1 heterocycles. The van der Waals surface area contributed by atoms with Crippen molar-refractivity contribution in [3.8, 4) is 0 Å². The third-order valence-corrected chi connectivity index (χ3v) is 5.91. The normalized spacial score (nSPS) is 29.5. The zero-order valence-electron chi connectivity index (χ0n) is 14.8. The van der Waals surface area contributed by atoms with Crippen LogP contribution < -0.4 is 0 Å². The number of rotatable bonds is 4. The molecule has 3 heteroatoms. The minimum atomic E-state index is -0.480. The van der Waals surface area contributed by atoms with E-state index in [0.29, 0.717) is 5.92 Å². The van der Waals surface area contributed by atoms with Gasteiger partial charge in [-0.2, -0.15) is 0 Å². The van der Waals surface area contributed by atoms with Crippen LogP contribution in [0.3, 0.4) is 0 Å². The molecule has 0 amide bonds. The van der Waals surface area contributed by atoms with Crippen LogP contribution >= 0.6 is 0 Å². The van der Waals surface area contributed by atoms with E-state index in [1.54, 1.807) is 7.11 Å². The maximum Gasteiger partial charge on any atom is 0.137 e. The lowest BCUT2D eigenvalue weighted by atomic mass is 9.82. The van der Waals surface area contributed by atoms with Gasteiger partial charge in [0.1, 0.15) is 12.3 Å². The third kappa shape index (κ3) is 3.24. The van der Waals surface area contributed by atoms with Crippen molar-refractivity contribution < 1.29 is 9.84 Å². The number of aliphatic hydroxyl groups excluding tert-OH is 1. The number of aryl methyl sites for hydroxylation is 1. The van der Waals surface area contributed by atoms with E-state index in [9.17, 15) is 5.11 Å². The van der Waals surface area contributed by atoms with Gasteiger partial charge in [-0.25, -0.2) is 0 Å². The first-order chi connectivity index (χ1) is 12.3. The predicted molar refractivity (Wildman–Crippen MR) is 99.7 cm³/mol. The number of aliphatic hydroxyl groups is 1. The monoisotopic (exact) mass is 337 g/mol. The summed E-state index contributed by atoms with van der Waals surface area (Å²) in [4.78, 5) is 2.34. The highest BCUT2D eigenvalue weighted by Gasteiger charge is 2.42. The van der Waals surface area contributed by atoms with E-state index in [1.165, 1.54) is 36.0 Å². The van der Waals surface area contributed by atoms with Gasteiger partial charge in [0.2, 0.25) is 0 Å². The summed E-state index contributed by atoms with van der Waals surface area (Å²) in [5.74, 6) is 0.648. The molecule has 0 radical (unpaired) electrons. The summed E-state index contributed by atoms with van der Waals surface area (Å²) in [5.41, 5.74) is 4.18. The highest BCUT2D eigenvalue weighted by atomic mass is 16.5. The Bertz CT molecular complexity index is 702. The van der Waals surface area contributed by atoms with Gasteiger partial charge in [0.15, 0.2) is 0 Å². The van der Waals surface area contributed by atoms with Gasteiger partial charge in [-0.1, -0.05) is 54.6 Å². The largest absolute Gasteiger partial charge is 0.388 e. The molecule has 0 aromatic heterocycles. The minimum Gasteiger partial charge on any atom is -0.388 e. The van der Waals surface area contributed by atoms with Crippen LogP contribution in [-0.2, 0) is 11.2 Å². The van der Waals surface area contributed by atoms with Crippen molar-refractivity contribution in [3.63, 3.8) is 0 Å². The van der Waals surface area contributed by atoms with Gasteiger partial charge in [-0.15, -0.1) is 0 Å². The highest BCUT2D eigenvalue weighted by molar-refractivity contribution is 5.33. The molecule has 4 atom stereocenters. The van der Waals surface area contributed by atoms with Gasteiger partial charge in [-0.05, 0) is 41.9 Å². The number of hydrogen-bond acceptors (Lipinski definition) is 3. The van der Waals surface area contributed by atoms with Crippen LogP contribution in [0.15, 0.2) is 54.6 Å². The SMILES string of the molecule is COC1C(O)C(c2ccccc2)CN1CC1CCCc2ccccc21. The molecule has 0 bridgehead atoms. The Balaban J connectivity index is 1.54. The number of hydrogen-bond donors (Lipinski definition) is 1. The molecule has 4 rings (SSSR count). The summed E-state index contributed by atoms with van der Waals surface area (Å²) in [7, 11) is 1.71. The molecule has 2 aromatic carbocycles. The summed E-state index contributed by atoms with van der Waals surface area (Å²) < 4.78 is 5.69. The van der Waals surface area contributed by atoms with E-state index in [2.05, 4.69) is 41.3 Å². The van der Waals surface area contributed by atoms with Crippen molar-refractivity contribution in [3.05, 3.63) is 71.3 Å². The Morgan fingerprint density at radius 1 is 1.08 bits per heavy atom. The minimum absolute atomic E-state index is 0.116. The van der Waals surface area contributed by atoms with Gasteiger partial charge in [0.25, 0.3) is 0 Å². The molecule has 0 saturated carbocycles. The molecule has 132 valence electrons. The van der Waals surface area contributed by atoms with Gasteiger partial charge < -0.3 is 9.84 Å². The van der Waals surface area contributed by atoms with Crippen molar-refractivity contribution in [1.29, 1.82) is 0 Å². The fraction of sp³-hybridized carbons (Fsp3) is 0.455. The Morgan fingerprint density at radius 2 is 1.84 bits per heavy atom. The average Bonchev–Trinajstić information content (AvgIpc) is 2.98. The summed E-state index contributed by atoms with van der Waals surface area (Å²) in [6.07, 6.45) is 2.95. The van der Waals surface area contributed by atoms with E-state index in [4.69, 9.17) is 4.74 Å². The molecular formula is C22H27NO2. The maximum absolute atomic E-state index is 10.8. The molecule has 25 heavy (non-hydrogen) atoms. The second-order valence-corrected chi connectivity index (χ2v) is 7.38. The quantitative estimate of drug-likeness (QED) is 0.926. The van der Waals surface area contributed by atoms with Crippen molar-refractivity contribution in [2.45, 2.75) is 43.4 Å². The van der Waals surface area contributed by atoms with Gasteiger partial charge in [-0.3, -0.25) is 4.90 Å². The van der Waals surface area contributed by atoms with Crippen LogP contribution in [0.5, 0.6) is 0 Å². The zero-order chi connectivity index (χ0) is 17.2. The molecule has 1 saturated heterocycles. The maximum atomic E-state index is 10.8. The summed E-state index contributed by atoms with van der Waals surface area (Å²) >= 11 is 0. The fourth-order valence-electron chi connectivity index (χ4n) is 4.68. The van der Waals surface area contributed by atoms with Crippen molar-refractivity contribution >= 4 is 0 Å². The molecule has 3 nitrogen and oxygen atoms in total. The molecule has 1 aliphatic heterocycles. The van der Waals surface area contributed by atoms with Crippen molar-refractivity contribution in [1.82, 2.24) is 4.90 Å². The zero-order valence-corrected chi connectivity index (χ0v) is 14.8. The van der Waals surface area contributed by atoms with Crippen LogP contribution in [0, 0.1) is 0 Å². The Labute approximate surface area is 150 Å². The Kier molecular flexibility index (Phi) is 4.89. The summed E-state index contributed by atoms with van der Waals surface area (Å²) in [5, 5.41) is 10.8.